The third-order valence-corrected chi connectivity index (χ3v) is 9.24. The molecule has 1 N–H and O–H groups in total. The van der Waals surface area contributed by atoms with Crippen LogP contribution in [0.3, 0.4) is 0 Å². The molecule has 40 heavy (non-hydrogen) atoms. The quantitative estimate of drug-likeness (QED) is 0.185. The predicted molar refractivity (Wildman–Crippen MR) is 157 cm³/mol. The van der Waals surface area contributed by atoms with Gasteiger partial charge in [-0.3, -0.25) is 14.4 Å². The number of hydrogen-bond donors (Lipinski definition) is 1. The van der Waals surface area contributed by atoms with Gasteiger partial charge in [0.05, 0.1) is 17.9 Å². The number of carbonyl (C=O) groups is 3. The van der Waals surface area contributed by atoms with Crippen molar-refractivity contribution < 1.29 is 24.2 Å². The number of alkyl halides is 1. The van der Waals surface area contributed by atoms with Crippen molar-refractivity contribution in [3.05, 3.63) is 61.2 Å². The first-order valence-corrected chi connectivity index (χ1v) is 15.3. The van der Waals surface area contributed by atoms with Crippen molar-refractivity contribution in [1.29, 1.82) is 0 Å². The van der Waals surface area contributed by atoms with Gasteiger partial charge < -0.3 is 24.5 Å². The van der Waals surface area contributed by atoms with Gasteiger partial charge in [0, 0.05) is 44.2 Å². The van der Waals surface area contributed by atoms with E-state index in [1.54, 1.807) is 26.9 Å². The van der Waals surface area contributed by atoms with E-state index in [1.807, 2.05) is 37.3 Å². The summed E-state index contributed by atoms with van der Waals surface area (Å²) in [5, 5.41) is 9.28. The van der Waals surface area contributed by atoms with E-state index < -0.39 is 29.6 Å². The number of nitrogens with zero attached hydrogens (tertiary/aromatic N) is 3. The van der Waals surface area contributed by atoms with E-state index in [1.165, 1.54) is 0 Å². The first kappa shape index (κ1) is 30.5. The van der Waals surface area contributed by atoms with E-state index in [4.69, 9.17) is 4.74 Å². The fourth-order valence-electron chi connectivity index (χ4n) is 6.80. The van der Waals surface area contributed by atoms with Gasteiger partial charge in [-0.1, -0.05) is 65.3 Å². The zero-order chi connectivity index (χ0) is 28.9. The number of amides is 3. The maximum atomic E-state index is 14.5. The average molecular weight is 617 g/mol. The van der Waals surface area contributed by atoms with Crippen LogP contribution in [-0.4, -0.2) is 92.9 Å². The van der Waals surface area contributed by atoms with Crippen LogP contribution in [0.15, 0.2) is 55.6 Å². The number of aliphatic hydroxyl groups is 1. The predicted octanol–water partition coefficient (Wildman–Crippen LogP) is 3.54. The lowest BCUT2D eigenvalue weighted by molar-refractivity contribution is -0.149. The molecule has 8 nitrogen and oxygen atoms in total. The monoisotopic (exact) mass is 615 g/mol. The molecule has 0 saturated carbocycles. The van der Waals surface area contributed by atoms with Gasteiger partial charge in [-0.15, -0.1) is 13.2 Å². The van der Waals surface area contributed by atoms with E-state index in [0.29, 0.717) is 52.0 Å². The molecule has 3 unspecified atom stereocenters. The van der Waals surface area contributed by atoms with E-state index in [2.05, 4.69) is 29.1 Å². The second-order valence-electron chi connectivity index (χ2n) is 11.0. The number of rotatable bonds is 15. The van der Waals surface area contributed by atoms with E-state index >= 15 is 0 Å². The van der Waals surface area contributed by atoms with Gasteiger partial charge in [0.1, 0.15) is 11.6 Å². The highest BCUT2D eigenvalue weighted by molar-refractivity contribution is 9.09. The number of benzene rings is 1. The molecule has 3 heterocycles. The smallest absolute Gasteiger partial charge is 0.248 e. The standard InChI is InChI=1S/C31H42BrN3O5/c1-4-15-33(16-5-2)28(37)24-25-29(38)35(18-11-8-12-19-36)27(31(25)20-23(32)26(24)40-31)30(39)34(17-6-3)21-22-13-9-7-10-14-22/h4,6-7,9-10,13-14,23-27,36H,1,3,5,8,11-12,15-21H2,2H3/t23?,24-,25+,26-,27?,31?/m1/s1. The first-order valence-electron chi connectivity index (χ1n) is 14.4. The summed E-state index contributed by atoms with van der Waals surface area (Å²) in [5.41, 5.74) is -0.111. The Kier molecular flexibility index (Phi) is 10.2. The molecule has 3 fully saturated rings. The third kappa shape index (κ3) is 5.65. The van der Waals surface area contributed by atoms with Gasteiger partial charge >= 0.3 is 0 Å². The van der Waals surface area contributed by atoms with Gasteiger partial charge in [0.15, 0.2) is 0 Å². The second kappa shape index (κ2) is 13.4. The molecule has 3 aliphatic heterocycles. The fraction of sp³-hybridized carbons (Fsp3) is 0.581. The lowest BCUT2D eigenvalue weighted by Crippen LogP contribution is -2.57. The Labute approximate surface area is 246 Å². The Morgan fingerprint density at radius 2 is 1.82 bits per heavy atom. The van der Waals surface area contributed by atoms with Crippen molar-refractivity contribution in [1.82, 2.24) is 14.7 Å². The van der Waals surface area contributed by atoms with Crippen LogP contribution < -0.4 is 0 Å². The number of ether oxygens (including phenoxy) is 1. The molecule has 218 valence electrons. The van der Waals surface area contributed by atoms with Crippen LogP contribution >= 0.6 is 15.9 Å². The van der Waals surface area contributed by atoms with Gasteiger partial charge in [-0.25, -0.2) is 0 Å². The largest absolute Gasteiger partial charge is 0.396 e. The molecule has 0 aromatic heterocycles. The molecule has 6 atom stereocenters. The topological polar surface area (TPSA) is 90.4 Å². The number of hydrogen-bond acceptors (Lipinski definition) is 5. The maximum Gasteiger partial charge on any atom is 0.248 e. The van der Waals surface area contributed by atoms with Crippen LogP contribution in [0.2, 0.25) is 0 Å². The minimum atomic E-state index is -1.09. The summed E-state index contributed by atoms with van der Waals surface area (Å²) in [6, 6.07) is 8.91. The SMILES string of the molecule is C=CCN(Cc1ccccc1)C(=O)C1N(CCCCCO)C(=O)[C@@H]2[C@@H](C(=O)N(CC=C)CCC)[C@@H]3OC12CC3Br. The zero-order valence-corrected chi connectivity index (χ0v) is 25.0. The highest BCUT2D eigenvalue weighted by Crippen LogP contribution is 2.60. The minimum absolute atomic E-state index is 0.0796. The van der Waals surface area contributed by atoms with Crippen molar-refractivity contribution in [2.45, 2.75) is 68.1 Å². The number of fused-ring (bicyclic) bond motifs is 1. The van der Waals surface area contributed by atoms with Crippen molar-refractivity contribution >= 4 is 33.7 Å². The lowest BCUT2D eigenvalue weighted by Gasteiger charge is -2.37. The lowest BCUT2D eigenvalue weighted by atomic mass is 9.70. The second-order valence-corrected chi connectivity index (χ2v) is 12.2. The Morgan fingerprint density at radius 1 is 1.12 bits per heavy atom. The molecule has 0 aliphatic carbocycles. The summed E-state index contributed by atoms with van der Waals surface area (Å²) in [7, 11) is 0. The minimum Gasteiger partial charge on any atom is -0.396 e. The maximum absolute atomic E-state index is 14.5. The molecule has 9 heteroatoms. The number of unbranched alkanes of at least 4 members (excludes halogenated alkanes) is 2. The van der Waals surface area contributed by atoms with Crippen LogP contribution in [0.5, 0.6) is 0 Å². The van der Waals surface area contributed by atoms with Crippen LogP contribution in [-0.2, 0) is 25.7 Å². The van der Waals surface area contributed by atoms with Crippen molar-refractivity contribution in [2.75, 3.05) is 32.8 Å². The molecule has 1 aromatic rings. The molecule has 1 aromatic carbocycles. The number of halogens is 1. The molecule has 2 bridgehead atoms. The molecule has 3 aliphatic rings. The molecular formula is C31H42BrN3O5. The van der Waals surface area contributed by atoms with Gasteiger partial charge in [0.25, 0.3) is 0 Å². The van der Waals surface area contributed by atoms with E-state index in [-0.39, 0.29) is 29.2 Å². The van der Waals surface area contributed by atoms with Gasteiger partial charge in [-0.2, -0.15) is 0 Å². The van der Waals surface area contributed by atoms with E-state index in [9.17, 15) is 19.5 Å². The normalized spacial score (nSPS) is 28.4. The molecule has 3 saturated heterocycles. The summed E-state index contributed by atoms with van der Waals surface area (Å²) >= 11 is 3.76. The Balaban J connectivity index is 1.72. The van der Waals surface area contributed by atoms with Gasteiger partial charge in [0.2, 0.25) is 17.7 Å². The van der Waals surface area contributed by atoms with Crippen LogP contribution in [0.1, 0.15) is 44.6 Å². The first-order chi connectivity index (χ1) is 19.3. The third-order valence-electron chi connectivity index (χ3n) is 8.40. The van der Waals surface area contributed by atoms with E-state index in [0.717, 1.165) is 18.4 Å². The van der Waals surface area contributed by atoms with Crippen molar-refractivity contribution in [3.8, 4) is 0 Å². The van der Waals surface area contributed by atoms with Gasteiger partial charge in [-0.05, 0) is 37.7 Å². The average Bonchev–Trinajstić information content (AvgIpc) is 3.54. The number of likely N-dealkylation sites (tertiary alicyclic amines) is 1. The molecule has 0 radical (unpaired) electrons. The zero-order valence-electron chi connectivity index (χ0n) is 23.4. The van der Waals surface area contributed by atoms with Crippen molar-refractivity contribution in [3.63, 3.8) is 0 Å². The molecule has 4 rings (SSSR count). The summed E-state index contributed by atoms with van der Waals surface area (Å²) in [6.45, 7) is 11.8. The Bertz CT molecular complexity index is 1080. The Hall–Kier alpha value is -2.49. The van der Waals surface area contributed by atoms with Crippen molar-refractivity contribution in [2.24, 2.45) is 11.8 Å². The Morgan fingerprint density at radius 3 is 2.48 bits per heavy atom. The summed E-state index contributed by atoms with van der Waals surface area (Å²) < 4.78 is 6.68. The summed E-state index contributed by atoms with van der Waals surface area (Å²) in [4.78, 5) is 47.7. The summed E-state index contributed by atoms with van der Waals surface area (Å²) in [6.07, 6.45) is 6.19. The molecule has 1 spiro atoms. The fourth-order valence-corrected chi connectivity index (χ4v) is 7.74. The van der Waals surface area contributed by atoms with Crippen LogP contribution in [0.4, 0.5) is 0 Å². The molecular weight excluding hydrogens is 574 g/mol. The number of carbonyl (C=O) groups excluding carboxylic acids is 3. The number of aliphatic hydroxyl groups excluding tert-OH is 1. The van der Waals surface area contributed by atoms with Crippen LogP contribution in [0.25, 0.3) is 0 Å². The highest BCUT2D eigenvalue weighted by Gasteiger charge is 2.76. The van der Waals surface area contributed by atoms with Crippen LogP contribution in [0, 0.1) is 11.8 Å². The molecule has 3 amide bonds. The highest BCUT2D eigenvalue weighted by atomic mass is 79.9. The summed E-state index contributed by atoms with van der Waals surface area (Å²) in [5.74, 6) is -1.88.